The molecule has 5 heteroatoms. The third-order valence-electron chi connectivity index (χ3n) is 6.52. The molecule has 1 saturated heterocycles. The van der Waals surface area contributed by atoms with E-state index in [9.17, 15) is 15.2 Å². The highest BCUT2D eigenvalue weighted by molar-refractivity contribution is 5.79. The smallest absolute Gasteiger partial charge is 0.235 e. The summed E-state index contributed by atoms with van der Waals surface area (Å²) in [5.41, 5.74) is -0.674. The molecule has 0 radical (unpaired) electrons. The molecule has 140 valence electrons. The van der Waals surface area contributed by atoms with Crippen molar-refractivity contribution < 1.29 is 9.90 Å². The van der Waals surface area contributed by atoms with Crippen molar-refractivity contribution in [2.45, 2.75) is 94.7 Å². The fourth-order valence-electron chi connectivity index (χ4n) is 5.19. The topological polar surface area (TPSA) is 76.4 Å². The van der Waals surface area contributed by atoms with E-state index in [1.807, 2.05) is 0 Å². The standard InChI is InChI=1S/C20H33N3O2/c21-15-20(10-6-1-2-7-11-20)22-19(25)14-23-13-17(24)12-18(23)16-8-4-3-5-9-16/h16-18,24H,1-14H2,(H,22,25)/t17-,18-/m0/s1. The third-order valence-corrected chi connectivity index (χ3v) is 6.52. The number of nitriles is 1. The summed E-state index contributed by atoms with van der Waals surface area (Å²) in [6, 6.07) is 2.72. The zero-order valence-corrected chi connectivity index (χ0v) is 15.4. The molecule has 0 spiro atoms. The molecule has 3 aliphatic rings. The van der Waals surface area contributed by atoms with E-state index in [4.69, 9.17) is 0 Å². The van der Waals surface area contributed by atoms with Crippen molar-refractivity contribution in [3.63, 3.8) is 0 Å². The molecule has 0 aromatic heterocycles. The van der Waals surface area contributed by atoms with E-state index in [-0.39, 0.29) is 12.0 Å². The SMILES string of the molecule is N#CC1(NC(=O)CN2C[C@@H](O)C[C@H]2C2CCCCC2)CCCCCC1. The van der Waals surface area contributed by atoms with Crippen LogP contribution < -0.4 is 5.32 Å². The van der Waals surface area contributed by atoms with Gasteiger partial charge in [0.1, 0.15) is 5.54 Å². The van der Waals surface area contributed by atoms with Crippen molar-refractivity contribution >= 4 is 5.91 Å². The van der Waals surface area contributed by atoms with E-state index in [0.29, 0.717) is 25.0 Å². The second-order valence-electron chi connectivity index (χ2n) is 8.44. The van der Waals surface area contributed by atoms with Crippen LogP contribution in [0.1, 0.15) is 77.0 Å². The van der Waals surface area contributed by atoms with Gasteiger partial charge in [0.15, 0.2) is 0 Å². The lowest BCUT2D eigenvalue weighted by Crippen LogP contribution is -2.51. The Bertz CT molecular complexity index is 488. The number of nitrogens with zero attached hydrogens (tertiary/aromatic N) is 2. The molecule has 0 aromatic rings. The van der Waals surface area contributed by atoms with Gasteiger partial charge in [0.2, 0.25) is 5.91 Å². The Morgan fingerprint density at radius 1 is 1.12 bits per heavy atom. The van der Waals surface area contributed by atoms with Crippen LogP contribution in [0.15, 0.2) is 0 Å². The van der Waals surface area contributed by atoms with Crippen molar-refractivity contribution in [2.24, 2.45) is 5.92 Å². The summed E-state index contributed by atoms with van der Waals surface area (Å²) in [4.78, 5) is 14.9. The first-order valence-electron chi connectivity index (χ1n) is 10.3. The second kappa shape index (κ2) is 8.51. The summed E-state index contributed by atoms with van der Waals surface area (Å²) in [5, 5.41) is 22.9. The molecule has 2 aliphatic carbocycles. The molecule has 0 unspecified atom stereocenters. The number of hydrogen-bond acceptors (Lipinski definition) is 4. The van der Waals surface area contributed by atoms with Crippen LogP contribution >= 0.6 is 0 Å². The minimum atomic E-state index is -0.674. The summed E-state index contributed by atoms with van der Waals surface area (Å²) >= 11 is 0. The molecular formula is C20H33N3O2. The van der Waals surface area contributed by atoms with Gasteiger partial charge in [0, 0.05) is 12.6 Å². The van der Waals surface area contributed by atoms with Crippen LogP contribution in [0.3, 0.4) is 0 Å². The first-order chi connectivity index (χ1) is 12.1. The van der Waals surface area contributed by atoms with Gasteiger partial charge in [-0.05, 0) is 38.0 Å². The Labute approximate surface area is 151 Å². The van der Waals surface area contributed by atoms with Crippen LogP contribution in [0.2, 0.25) is 0 Å². The Kier molecular flexibility index (Phi) is 6.35. The van der Waals surface area contributed by atoms with Crippen LogP contribution in [0, 0.1) is 17.2 Å². The Morgan fingerprint density at radius 3 is 2.40 bits per heavy atom. The molecule has 5 nitrogen and oxygen atoms in total. The normalized spacial score (nSPS) is 31.2. The number of likely N-dealkylation sites (tertiary alicyclic amines) is 1. The molecule has 25 heavy (non-hydrogen) atoms. The predicted octanol–water partition coefficient (Wildman–Crippen LogP) is 2.73. The zero-order valence-electron chi connectivity index (χ0n) is 15.4. The van der Waals surface area contributed by atoms with Crippen molar-refractivity contribution in [1.29, 1.82) is 5.26 Å². The Balaban J connectivity index is 1.59. The quantitative estimate of drug-likeness (QED) is 0.767. The van der Waals surface area contributed by atoms with Crippen molar-refractivity contribution in [3.05, 3.63) is 0 Å². The number of hydrogen-bond donors (Lipinski definition) is 2. The summed E-state index contributed by atoms with van der Waals surface area (Å²) in [6.07, 6.45) is 12.7. The van der Waals surface area contributed by atoms with Crippen LogP contribution in [0.5, 0.6) is 0 Å². The number of carbonyl (C=O) groups is 1. The van der Waals surface area contributed by atoms with Crippen LogP contribution in [-0.4, -0.2) is 46.7 Å². The minimum absolute atomic E-state index is 0.0432. The molecule has 1 amide bonds. The van der Waals surface area contributed by atoms with E-state index in [0.717, 1.165) is 44.9 Å². The number of rotatable bonds is 4. The maximum absolute atomic E-state index is 12.7. The maximum atomic E-state index is 12.7. The minimum Gasteiger partial charge on any atom is -0.392 e. The largest absolute Gasteiger partial charge is 0.392 e. The molecule has 3 rings (SSSR count). The number of aliphatic hydroxyl groups excluding tert-OH is 1. The van der Waals surface area contributed by atoms with E-state index in [2.05, 4.69) is 16.3 Å². The molecule has 1 heterocycles. The molecular weight excluding hydrogens is 314 g/mol. The molecule has 3 fully saturated rings. The van der Waals surface area contributed by atoms with Crippen molar-refractivity contribution in [2.75, 3.05) is 13.1 Å². The van der Waals surface area contributed by atoms with E-state index in [1.54, 1.807) is 0 Å². The number of carbonyl (C=O) groups excluding carboxylic acids is 1. The number of β-amino-alcohol motifs (C(OH)–C–C–N with tert-alkyl or cyclic N) is 1. The Hall–Kier alpha value is -1.12. The predicted molar refractivity (Wildman–Crippen MR) is 96.7 cm³/mol. The summed E-state index contributed by atoms with van der Waals surface area (Å²) in [7, 11) is 0. The number of amides is 1. The highest BCUT2D eigenvalue weighted by Crippen LogP contribution is 2.34. The van der Waals surface area contributed by atoms with Gasteiger partial charge in [0.25, 0.3) is 0 Å². The monoisotopic (exact) mass is 347 g/mol. The first-order valence-corrected chi connectivity index (χ1v) is 10.3. The lowest BCUT2D eigenvalue weighted by Gasteiger charge is -2.34. The summed E-state index contributed by atoms with van der Waals surface area (Å²) in [6.45, 7) is 0.912. The molecule has 2 N–H and O–H groups in total. The lowest BCUT2D eigenvalue weighted by molar-refractivity contribution is -0.124. The van der Waals surface area contributed by atoms with Crippen molar-refractivity contribution in [3.8, 4) is 6.07 Å². The summed E-state index contributed by atoms with van der Waals surface area (Å²) < 4.78 is 0. The van der Waals surface area contributed by atoms with Gasteiger partial charge >= 0.3 is 0 Å². The van der Waals surface area contributed by atoms with Crippen LogP contribution in [-0.2, 0) is 4.79 Å². The van der Waals surface area contributed by atoms with Gasteiger partial charge in [-0.3, -0.25) is 9.69 Å². The summed E-state index contributed by atoms with van der Waals surface area (Å²) in [5.74, 6) is 0.569. The zero-order chi connectivity index (χ0) is 17.7. The fourth-order valence-corrected chi connectivity index (χ4v) is 5.19. The van der Waals surface area contributed by atoms with E-state index in [1.165, 1.54) is 32.1 Å². The highest BCUT2D eigenvalue weighted by Gasteiger charge is 2.39. The highest BCUT2D eigenvalue weighted by atomic mass is 16.3. The van der Waals surface area contributed by atoms with Gasteiger partial charge in [-0.1, -0.05) is 44.9 Å². The van der Waals surface area contributed by atoms with Gasteiger partial charge < -0.3 is 10.4 Å². The molecule has 2 atom stereocenters. The molecule has 1 aliphatic heterocycles. The van der Waals surface area contributed by atoms with Gasteiger partial charge in [-0.2, -0.15) is 5.26 Å². The third kappa shape index (κ3) is 4.74. The number of nitrogens with one attached hydrogen (secondary N) is 1. The van der Waals surface area contributed by atoms with Crippen LogP contribution in [0.25, 0.3) is 0 Å². The van der Waals surface area contributed by atoms with Gasteiger partial charge in [-0.25, -0.2) is 0 Å². The van der Waals surface area contributed by atoms with E-state index < -0.39 is 5.54 Å². The lowest BCUT2D eigenvalue weighted by atomic mass is 9.82. The molecule has 0 aromatic carbocycles. The van der Waals surface area contributed by atoms with Crippen LogP contribution in [0.4, 0.5) is 0 Å². The average molecular weight is 348 g/mol. The van der Waals surface area contributed by atoms with Crippen molar-refractivity contribution in [1.82, 2.24) is 10.2 Å². The molecule has 0 bridgehead atoms. The second-order valence-corrected chi connectivity index (χ2v) is 8.44. The Morgan fingerprint density at radius 2 is 1.76 bits per heavy atom. The fraction of sp³-hybridized carbons (Fsp3) is 0.900. The molecule has 2 saturated carbocycles. The van der Waals surface area contributed by atoms with Gasteiger partial charge in [-0.15, -0.1) is 0 Å². The average Bonchev–Trinajstić information content (AvgIpc) is 2.82. The number of aliphatic hydroxyl groups is 1. The van der Waals surface area contributed by atoms with Gasteiger partial charge in [0.05, 0.1) is 18.7 Å². The first kappa shape index (κ1) is 18.7. The van der Waals surface area contributed by atoms with E-state index >= 15 is 0 Å². The maximum Gasteiger partial charge on any atom is 0.235 e.